The van der Waals surface area contributed by atoms with Gasteiger partial charge in [-0.15, -0.1) is 4.73 Å². The highest BCUT2D eigenvalue weighted by Crippen LogP contribution is 2.24. The molecular weight excluding hydrogens is 323 g/mol. The van der Waals surface area contributed by atoms with Gasteiger partial charge in [0.1, 0.15) is 0 Å². The summed E-state index contributed by atoms with van der Waals surface area (Å²) in [7, 11) is -5.95. The van der Waals surface area contributed by atoms with Gasteiger partial charge in [-0.2, -0.15) is 21.6 Å². The minimum atomic E-state index is -5.95. The molecule has 0 saturated heterocycles. The normalized spacial score (nSPS) is 12.2. The van der Waals surface area contributed by atoms with Gasteiger partial charge in [-0.1, -0.05) is 30.3 Å². The van der Waals surface area contributed by atoms with Gasteiger partial charge in [0.25, 0.3) is 5.56 Å². The number of alkyl halides is 3. The van der Waals surface area contributed by atoms with Crippen molar-refractivity contribution in [1.82, 2.24) is 4.73 Å². The number of rotatable bonds is 3. The average Bonchev–Trinajstić information content (AvgIpc) is 2.41. The highest BCUT2D eigenvalue weighted by atomic mass is 32.2. The smallest absolute Gasteiger partial charge is 0.277 e. The zero-order chi connectivity index (χ0) is 16.5. The van der Waals surface area contributed by atoms with E-state index in [4.69, 9.17) is 0 Å². The van der Waals surface area contributed by atoms with Crippen LogP contribution in [0.1, 0.15) is 5.56 Å². The predicted molar refractivity (Wildman–Crippen MR) is 72.4 cm³/mol. The van der Waals surface area contributed by atoms with Crippen LogP contribution in [0.2, 0.25) is 0 Å². The second kappa shape index (κ2) is 5.48. The standard InChI is InChI=1S/C13H10F3NO4S/c1-9-7-11(10-5-3-2-4-6-10)17(12(18)8-9)21-22(19,20)13(14,15)16/h2-8H,1H3. The van der Waals surface area contributed by atoms with E-state index in [0.29, 0.717) is 11.1 Å². The highest BCUT2D eigenvalue weighted by Gasteiger charge is 2.49. The van der Waals surface area contributed by atoms with E-state index < -0.39 is 21.2 Å². The minimum absolute atomic E-state index is 0.0987. The Morgan fingerprint density at radius 2 is 1.68 bits per heavy atom. The summed E-state index contributed by atoms with van der Waals surface area (Å²) in [6.07, 6.45) is 0. The Morgan fingerprint density at radius 1 is 1.09 bits per heavy atom. The molecule has 0 aliphatic carbocycles. The van der Waals surface area contributed by atoms with Crippen molar-refractivity contribution in [3.05, 3.63) is 58.4 Å². The van der Waals surface area contributed by atoms with E-state index >= 15 is 0 Å². The summed E-state index contributed by atoms with van der Waals surface area (Å²) < 4.78 is 63.7. The van der Waals surface area contributed by atoms with Gasteiger partial charge in [0.2, 0.25) is 0 Å². The molecule has 0 saturated carbocycles. The van der Waals surface area contributed by atoms with Crippen LogP contribution >= 0.6 is 0 Å². The van der Waals surface area contributed by atoms with E-state index in [1.165, 1.54) is 18.2 Å². The second-order valence-corrected chi connectivity index (χ2v) is 5.91. The minimum Gasteiger partial charge on any atom is -0.277 e. The van der Waals surface area contributed by atoms with Gasteiger partial charge < -0.3 is 0 Å². The topological polar surface area (TPSA) is 65.4 Å². The molecule has 0 N–H and O–H groups in total. The molecule has 9 heteroatoms. The molecule has 0 bridgehead atoms. The van der Waals surface area contributed by atoms with Gasteiger partial charge in [-0.3, -0.25) is 9.08 Å². The number of pyridine rings is 1. The summed E-state index contributed by atoms with van der Waals surface area (Å²) in [4.78, 5) is 11.8. The lowest BCUT2D eigenvalue weighted by molar-refractivity contribution is -0.0548. The molecule has 0 spiro atoms. The van der Waals surface area contributed by atoms with Crippen LogP contribution in [-0.2, 0) is 10.1 Å². The van der Waals surface area contributed by atoms with E-state index in [1.807, 2.05) is 0 Å². The number of hydrogen-bond acceptors (Lipinski definition) is 4. The molecule has 1 heterocycles. The fourth-order valence-electron chi connectivity index (χ4n) is 1.71. The maximum absolute atomic E-state index is 12.4. The van der Waals surface area contributed by atoms with Crippen LogP contribution in [-0.4, -0.2) is 18.7 Å². The molecule has 0 aliphatic rings. The van der Waals surface area contributed by atoms with Gasteiger partial charge in [-0.05, 0) is 18.6 Å². The van der Waals surface area contributed by atoms with E-state index in [1.54, 1.807) is 25.1 Å². The Labute approximate surface area is 123 Å². The maximum Gasteiger partial charge on any atom is 0.536 e. The lowest BCUT2D eigenvalue weighted by Crippen LogP contribution is -2.38. The molecule has 1 aromatic carbocycles. The van der Waals surface area contributed by atoms with Crippen LogP contribution in [0.15, 0.2) is 47.3 Å². The number of hydrogen-bond donors (Lipinski definition) is 0. The van der Waals surface area contributed by atoms with Crippen molar-refractivity contribution in [2.45, 2.75) is 12.4 Å². The Morgan fingerprint density at radius 3 is 2.23 bits per heavy atom. The Balaban J connectivity index is 2.65. The first-order chi connectivity index (χ1) is 10.1. The van der Waals surface area contributed by atoms with E-state index in [9.17, 15) is 26.4 Å². The van der Waals surface area contributed by atoms with Crippen molar-refractivity contribution in [3.8, 4) is 11.3 Å². The summed E-state index contributed by atoms with van der Waals surface area (Å²) in [6, 6.07) is 10.2. The number of halogens is 3. The number of nitrogens with zero attached hydrogens (tertiary/aromatic N) is 1. The third-order valence-corrected chi connectivity index (χ3v) is 3.57. The zero-order valence-corrected chi connectivity index (χ0v) is 12.0. The summed E-state index contributed by atoms with van der Waals surface area (Å²) in [5.41, 5.74) is -5.97. The largest absolute Gasteiger partial charge is 0.536 e. The van der Waals surface area contributed by atoms with E-state index in [-0.39, 0.29) is 10.4 Å². The van der Waals surface area contributed by atoms with Gasteiger partial charge in [0.05, 0.1) is 5.69 Å². The molecule has 0 aliphatic heterocycles. The average molecular weight is 333 g/mol. The molecule has 0 atom stereocenters. The lowest BCUT2D eigenvalue weighted by Gasteiger charge is -2.15. The van der Waals surface area contributed by atoms with Crippen molar-refractivity contribution in [2.75, 3.05) is 0 Å². The van der Waals surface area contributed by atoms with Crippen LogP contribution in [0.5, 0.6) is 0 Å². The van der Waals surface area contributed by atoms with Crippen molar-refractivity contribution in [3.63, 3.8) is 0 Å². The number of aromatic nitrogens is 1. The van der Waals surface area contributed by atoms with Gasteiger partial charge in [0, 0.05) is 11.6 Å². The monoisotopic (exact) mass is 333 g/mol. The van der Waals surface area contributed by atoms with Crippen LogP contribution in [0.4, 0.5) is 13.2 Å². The Hall–Kier alpha value is -2.29. The maximum atomic E-state index is 12.4. The quantitative estimate of drug-likeness (QED) is 0.807. The molecule has 0 amide bonds. The van der Waals surface area contributed by atoms with Crippen LogP contribution < -0.4 is 9.84 Å². The van der Waals surface area contributed by atoms with Crippen LogP contribution in [0, 0.1) is 6.92 Å². The molecule has 118 valence electrons. The van der Waals surface area contributed by atoms with Gasteiger partial charge in [0.15, 0.2) is 0 Å². The van der Waals surface area contributed by atoms with Crippen LogP contribution in [0.3, 0.4) is 0 Å². The van der Waals surface area contributed by atoms with E-state index in [2.05, 4.69) is 4.28 Å². The van der Waals surface area contributed by atoms with Gasteiger partial charge in [-0.25, -0.2) is 0 Å². The highest BCUT2D eigenvalue weighted by molar-refractivity contribution is 7.87. The molecular formula is C13H10F3NO4S. The van der Waals surface area contributed by atoms with Crippen molar-refractivity contribution in [2.24, 2.45) is 0 Å². The fraction of sp³-hybridized carbons (Fsp3) is 0.154. The van der Waals surface area contributed by atoms with Gasteiger partial charge >= 0.3 is 15.6 Å². The summed E-state index contributed by atoms with van der Waals surface area (Å²) in [5.74, 6) is 0. The third kappa shape index (κ3) is 3.14. The van der Waals surface area contributed by atoms with Crippen molar-refractivity contribution >= 4 is 10.1 Å². The molecule has 0 fully saturated rings. The van der Waals surface area contributed by atoms with Crippen LogP contribution in [0.25, 0.3) is 11.3 Å². The summed E-state index contributed by atoms with van der Waals surface area (Å²) in [6.45, 7) is 1.55. The van der Waals surface area contributed by atoms with Crippen molar-refractivity contribution in [1.29, 1.82) is 0 Å². The van der Waals surface area contributed by atoms with Crippen molar-refractivity contribution < 1.29 is 25.9 Å². The number of aryl methyl sites for hydroxylation is 1. The third-order valence-electron chi connectivity index (χ3n) is 2.66. The summed E-state index contributed by atoms with van der Waals surface area (Å²) in [5, 5.41) is 0. The first kappa shape index (κ1) is 16.1. The van der Waals surface area contributed by atoms with E-state index in [0.717, 1.165) is 6.07 Å². The fourth-order valence-corrected chi connectivity index (χ4v) is 2.15. The molecule has 5 nitrogen and oxygen atoms in total. The Bertz CT molecular complexity index is 842. The Kier molecular flexibility index (Phi) is 4.01. The molecule has 0 unspecified atom stereocenters. The molecule has 1 aromatic heterocycles. The zero-order valence-electron chi connectivity index (χ0n) is 11.2. The summed E-state index contributed by atoms with van der Waals surface area (Å²) >= 11 is 0. The molecule has 22 heavy (non-hydrogen) atoms. The second-order valence-electron chi connectivity index (χ2n) is 4.39. The molecule has 2 rings (SSSR count). The lowest BCUT2D eigenvalue weighted by atomic mass is 10.1. The first-order valence-electron chi connectivity index (χ1n) is 5.92. The first-order valence-corrected chi connectivity index (χ1v) is 7.33. The molecule has 0 radical (unpaired) electrons. The predicted octanol–water partition coefficient (Wildman–Crippen LogP) is 2.10. The SMILES string of the molecule is Cc1cc(-c2ccccc2)n(OS(=O)(=O)C(F)(F)F)c(=O)c1. The number of benzene rings is 1. The molecule has 2 aromatic rings.